The molecule has 3 heteroatoms. The monoisotopic (exact) mass is 376 g/mol. The molecule has 0 bridgehead atoms. The molecular weight excluding hydrogens is 348 g/mol. The maximum atomic E-state index is 11.8. The molecule has 3 rings (SSSR count). The van der Waals surface area contributed by atoms with E-state index in [0.29, 0.717) is 17.7 Å². The lowest BCUT2D eigenvalue weighted by atomic mass is 9.63. The first-order valence-electron chi connectivity index (χ1n) is 9.81. The zero-order valence-electron chi connectivity index (χ0n) is 17.3. The number of fused-ring (bicyclic) bond motifs is 1. The third-order valence-corrected chi connectivity index (χ3v) is 5.70. The van der Waals surface area contributed by atoms with E-state index in [1.165, 1.54) is 23.6 Å². The lowest BCUT2D eigenvalue weighted by Gasteiger charge is -2.41. The smallest absolute Gasteiger partial charge is 0.338 e. The molecule has 0 unspecified atom stereocenters. The van der Waals surface area contributed by atoms with Crippen molar-refractivity contribution >= 4 is 5.97 Å². The molecule has 0 saturated carbocycles. The molecule has 3 nitrogen and oxygen atoms in total. The first-order valence-corrected chi connectivity index (χ1v) is 9.81. The zero-order valence-corrected chi connectivity index (χ0v) is 17.3. The largest absolute Gasteiger partial charge is 0.507 e. The van der Waals surface area contributed by atoms with E-state index >= 15 is 0 Å². The van der Waals surface area contributed by atoms with Crippen molar-refractivity contribution in [2.45, 2.75) is 58.3 Å². The summed E-state index contributed by atoms with van der Waals surface area (Å²) in [5, 5.41) is 10.2. The summed E-state index contributed by atoms with van der Waals surface area (Å²) in [6.07, 6.45) is 2.33. The van der Waals surface area contributed by atoms with Gasteiger partial charge in [-0.1, -0.05) is 45.6 Å². The predicted octanol–water partition coefficient (Wildman–Crippen LogP) is 5.32. The third-order valence-electron chi connectivity index (χ3n) is 5.70. The van der Waals surface area contributed by atoms with Gasteiger partial charge in [0.25, 0.3) is 0 Å². The number of phenolic OH excluding ortho intramolecular Hbond substituents is 1. The van der Waals surface area contributed by atoms with Crippen molar-refractivity contribution in [3.8, 4) is 17.6 Å². The summed E-state index contributed by atoms with van der Waals surface area (Å²) in [6.45, 7) is 11.2. The highest BCUT2D eigenvalue weighted by molar-refractivity contribution is 5.90. The van der Waals surface area contributed by atoms with E-state index < -0.39 is 5.97 Å². The maximum absolute atomic E-state index is 11.8. The molecule has 0 radical (unpaired) electrons. The van der Waals surface area contributed by atoms with Gasteiger partial charge in [0.2, 0.25) is 0 Å². The molecule has 0 amide bonds. The summed E-state index contributed by atoms with van der Waals surface area (Å²) < 4.78 is 4.96. The van der Waals surface area contributed by atoms with Gasteiger partial charge in [-0.15, -0.1) is 0 Å². The Kier molecular flexibility index (Phi) is 5.26. The average Bonchev–Trinajstić information content (AvgIpc) is 2.64. The van der Waals surface area contributed by atoms with Gasteiger partial charge in [0.15, 0.2) is 0 Å². The Morgan fingerprint density at radius 2 is 1.68 bits per heavy atom. The van der Waals surface area contributed by atoms with Crippen molar-refractivity contribution < 1.29 is 14.6 Å². The number of hydrogen-bond acceptors (Lipinski definition) is 3. The molecule has 0 spiro atoms. The molecule has 0 aliphatic heterocycles. The first-order chi connectivity index (χ1) is 13.1. The number of aromatic hydroxyl groups is 1. The second-order valence-corrected chi connectivity index (χ2v) is 8.73. The summed E-state index contributed by atoms with van der Waals surface area (Å²) in [7, 11) is 0. The lowest BCUT2D eigenvalue weighted by Crippen LogP contribution is -2.33. The van der Waals surface area contributed by atoms with Crippen molar-refractivity contribution in [2.24, 2.45) is 0 Å². The second kappa shape index (κ2) is 7.36. The molecule has 2 aromatic carbocycles. The van der Waals surface area contributed by atoms with E-state index in [2.05, 4.69) is 57.7 Å². The van der Waals surface area contributed by atoms with Gasteiger partial charge in [0.1, 0.15) is 5.75 Å². The summed E-state index contributed by atoms with van der Waals surface area (Å²) in [5.41, 5.74) is 4.81. The maximum Gasteiger partial charge on any atom is 0.338 e. The minimum atomic E-state index is -0.447. The summed E-state index contributed by atoms with van der Waals surface area (Å²) in [4.78, 5) is 11.8. The Hall–Kier alpha value is -2.73. The van der Waals surface area contributed by atoms with Crippen LogP contribution in [0, 0.1) is 11.8 Å². The molecule has 1 N–H and O–H groups in total. The topological polar surface area (TPSA) is 46.5 Å². The van der Waals surface area contributed by atoms with Gasteiger partial charge in [-0.05, 0) is 72.1 Å². The minimum Gasteiger partial charge on any atom is -0.507 e. The van der Waals surface area contributed by atoms with E-state index in [-0.39, 0.29) is 16.6 Å². The molecule has 0 aromatic heterocycles. The van der Waals surface area contributed by atoms with Crippen LogP contribution in [0.2, 0.25) is 0 Å². The van der Waals surface area contributed by atoms with Gasteiger partial charge in [0, 0.05) is 5.56 Å². The molecule has 146 valence electrons. The fraction of sp³-hybridized carbons (Fsp3) is 0.400. The predicted molar refractivity (Wildman–Crippen MR) is 112 cm³/mol. The highest BCUT2D eigenvalue weighted by atomic mass is 16.5. The van der Waals surface area contributed by atoms with Gasteiger partial charge >= 0.3 is 5.97 Å². The molecule has 0 fully saturated rings. The van der Waals surface area contributed by atoms with Crippen molar-refractivity contribution in [1.29, 1.82) is 0 Å². The van der Waals surface area contributed by atoms with E-state index in [0.717, 1.165) is 12.0 Å². The van der Waals surface area contributed by atoms with Crippen molar-refractivity contribution in [1.82, 2.24) is 0 Å². The number of hydrogen-bond donors (Lipinski definition) is 1. The number of carbonyl (C=O) groups excluding carboxylic acids is 1. The average molecular weight is 376 g/mol. The fourth-order valence-corrected chi connectivity index (χ4v) is 3.78. The SMILES string of the molecule is CCOC(=O)c1ccc(C#Cc2ccc3c(c2)C(C)(C)CCC3(C)C)c(O)c1. The molecule has 1 aliphatic rings. The first kappa shape index (κ1) is 20.0. The Balaban J connectivity index is 1.92. The number of ether oxygens (including phenoxy) is 1. The van der Waals surface area contributed by atoms with E-state index in [1.807, 2.05) is 0 Å². The van der Waals surface area contributed by atoms with Crippen LogP contribution in [0.4, 0.5) is 0 Å². The van der Waals surface area contributed by atoms with Gasteiger partial charge < -0.3 is 9.84 Å². The molecule has 0 saturated heterocycles. The molecule has 2 aromatic rings. The Bertz CT molecular complexity index is 971. The standard InChI is InChI=1S/C25H28O3/c1-6-28-23(27)19-11-10-18(22(26)16-19)9-7-17-8-12-20-21(15-17)25(4,5)14-13-24(20,2)3/h8,10-12,15-16,26H,6,13-14H2,1-5H3. The normalized spacial score (nSPS) is 16.5. The van der Waals surface area contributed by atoms with Crippen LogP contribution in [0.5, 0.6) is 5.75 Å². The van der Waals surface area contributed by atoms with Crippen LogP contribution in [0.3, 0.4) is 0 Å². The van der Waals surface area contributed by atoms with Crippen molar-refractivity contribution in [3.63, 3.8) is 0 Å². The summed E-state index contributed by atoms with van der Waals surface area (Å²) >= 11 is 0. The molecule has 1 aliphatic carbocycles. The number of esters is 1. The molecule has 0 heterocycles. The van der Waals surface area contributed by atoms with E-state index in [9.17, 15) is 9.90 Å². The number of benzene rings is 2. The van der Waals surface area contributed by atoms with Crippen molar-refractivity contribution in [3.05, 3.63) is 64.2 Å². The van der Waals surface area contributed by atoms with Gasteiger partial charge in [0.05, 0.1) is 17.7 Å². The van der Waals surface area contributed by atoms with Crippen LogP contribution in [-0.4, -0.2) is 17.7 Å². The minimum absolute atomic E-state index is 0.0162. The Morgan fingerprint density at radius 3 is 2.32 bits per heavy atom. The summed E-state index contributed by atoms with van der Waals surface area (Å²) in [5.74, 6) is 5.73. The number of phenols is 1. The van der Waals surface area contributed by atoms with Crippen LogP contribution >= 0.6 is 0 Å². The van der Waals surface area contributed by atoms with Gasteiger partial charge in [-0.3, -0.25) is 0 Å². The van der Waals surface area contributed by atoms with Crippen LogP contribution < -0.4 is 0 Å². The lowest BCUT2D eigenvalue weighted by molar-refractivity contribution is 0.0526. The van der Waals surface area contributed by atoms with Crippen molar-refractivity contribution in [2.75, 3.05) is 6.61 Å². The molecule has 0 atom stereocenters. The van der Waals surface area contributed by atoms with E-state index in [1.54, 1.807) is 19.1 Å². The van der Waals surface area contributed by atoms with E-state index in [4.69, 9.17) is 4.74 Å². The molecular formula is C25H28O3. The zero-order chi connectivity index (χ0) is 20.5. The summed E-state index contributed by atoms with van der Waals surface area (Å²) in [6, 6.07) is 11.1. The van der Waals surface area contributed by atoms with Crippen LogP contribution in [0.1, 0.15) is 80.1 Å². The number of rotatable bonds is 2. The fourth-order valence-electron chi connectivity index (χ4n) is 3.78. The number of carbonyl (C=O) groups is 1. The Labute approximate surface area is 167 Å². The van der Waals surface area contributed by atoms with Crippen LogP contribution in [-0.2, 0) is 15.6 Å². The highest BCUT2D eigenvalue weighted by Gasteiger charge is 2.36. The second-order valence-electron chi connectivity index (χ2n) is 8.73. The molecule has 28 heavy (non-hydrogen) atoms. The third kappa shape index (κ3) is 3.92. The highest BCUT2D eigenvalue weighted by Crippen LogP contribution is 2.45. The van der Waals surface area contributed by atoms with Gasteiger partial charge in [-0.25, -0.2) is 4.79 Å². The quantitative estimate of drug-likeness (QED) is 0.570. The van der Waals surface area contributed by atoms with Crippen LogP contribution in [0.15, 0.2) is 36.4 Å². The van der Waals surface area contributed by atoms with Crippen LogP contribution in [0.25, 0.3) is 0 Å². The Morgan fingerprint density at radius 1 is 1.00 bits per heavy atom. The van der Waals surface area contributed by atoms with Gasteiger partial charge in [-0.2, -0.15) is 0 Å².